The molecule has 1 heterocycles. The van der Waals surface area contributed by atoms with Gasteiger partial charge in [-0.05, 0) is 37.3 Å². The number of carbonyl (C=O) groups is 2. The van der Waals surface area contributed by atoms with E-state index in [1.165, 1.54) is 50.6 Å². The second-order valence-electron chi connectivity index (χ2n) is 6.50. The van der Waals surface area contributed by atoms with Crippen molar-refractivity contribution in [2.45, 2.75) is 6.92 Å². The monoisotopic (exact) mass is 434 g/mol. The van der Waals surface area contributed by atoms with E-state index in [1.807, 2.05) is 0 Å². The molecule has 0 saturated carbocycles. The van der Waals surface area contributed by atoms with Crippen molar-refractivity contribution < 1.29 is 31.6 Å². The second kappa shape index (κ2) is 8.15. The van der Waals surface area contributed by atoms with Gasteiger partial charge in [-0.15, -0.1) is 0 Å². The van der Waals surface area contributed by atoms with Gasteiger partial charge in [0.2, 0.25) is 10.0 Å². The van der Waals surface area contributed by atoms with Crippen LogP contribution in [0.25, 0.3) is 22.3 Å². The minimum Gasteiger partial charge on any atom is -0.495 e. The number of furan rings is 1. The van der Waals surface area contributed by atoms with E-state index < -0.39 is 33.3 Å². The molecule has 2 aromatic carbocycles. The molecule has 0 unspecified atom stereocenters. The smallest absolute Gasteiger partial charge is 0.255 e. The number of ketones is 1. The maximum absolute atomic E-state index is 13.3. The molecular formula is C20H19FN2O6S. The van der Waals surface area contributed by atoms with Crippen LogP contribution in [0.4, 0.5) is 10.1 Å². The Morgan fingerprint density at radius 2 is 1.83 bits per heavy atom. The van der Waals surface area contributed by atoms with E-state index in [0.717, 1.165) is 6.92 Å². The van der Waals surface area contributed by atoms with Gasteiger partial charge in [0.05, 0.1) is 18.4 Å². The number of anilines is 1. The molecule has 3 aromatic rings. The van der Waals surface area contributed by atoms with Gasteiger partial charge in [0, 0.05) is 24.1 Å². The van der Waals surface area contributed by atoms with E-state index in [-0.39, 0.29) is 28.3 Å². The van der Waals surface area contributed by atoms with Gasteiger partial charge in [0.25, 0.3) is 5.91 Å². The van der Waals surface area contributed by atoms with Crippen molar-refractivity contribution in [1.29, 1.82) is 0 Å². The molecule has 10 heteroatoms. The van der Waals surface area contributed by atoms with Gasteiger partial charge in [-0.25, -0.2) is 12.8 Å². The number of rotatable bonds is 7. The molecular weight excluding hydrogens is 415 g/mol. The molecule has 0 fully saturated rings. The number of methoxy groups -OCH3 is 1. The van der Waals surface area contributed by atoms with Crippen LogP contribution in [0.15, 0.2) is 40.8 Å². The van der Waals surface area contributed by atoms with Gasteiger partial charge in [0.15, 0.2) is 0 Å². The van der Waals surface area contributed by atoms with E-state index >= 15 is 0 Å². The summed E-state index contributed by atoms with van der Waals surface area (Å²) in [4.78, 5) is 23.8. The largest absolute Gasteiger partial charge is 0.495 e. The number of hydrogen-bond donors (Lipinski definition) is 2. The molecule has 0 radical (unpaired) electrons. The van der Waals surface area contributed by atoms with Crippen LogP contribution in [0.2, 0.25) is 0 Å². The van der Waals surface area contributed by atoms with Gasteiger partial charge in [-0.1, -0.05) is 0 Å². The Kier molecular flexibility index (Phi) is 5.79. The lowest BCUT2D eigenvalue weighted by Gasteiger charge is -2.11. The number of hydrogen-bond acceptors (Lipinski definition) is 6. The summed E-state index contributed by atoms with van der Waals surface area (Å²) in [6.07, 6.45) is 0. The first-order valence-electron chi connectivity index (χ1n) is 8.77. The van der Waals surface area contributed by atoms with Crippen LogP contribution in [0.1, 0.15) is 17.3 Å². The van der Waals surface area contributed by atoms with Crippen LogP contribution in [0.5, 0.6) is 5.75 Å². The van der Waals surface area contributed by atoms with Gasteiger partial charge in [-0.3, -0.25) is 14.3 Å². The summed E-state index contributed by atoms with van der Waals surface area (Å²) in [5.74, 6) is -1.79. The first kappa shape index (κ1) is 21.3. The van der Waals surface area contributed by atoms with Crippen molar-refractivity contribution in [3.8, 4) is 17.1 Å². The maximum Gasteiger partial charge on any atom is 0.255 e. The van der Waals surface area contributed by atoms with Crippen molar-refractivity contribution in [2.75, 3.05) is 24.6 Å². The first-order valence-corrected chi connectivity index (χ1v) is 10.4. The summed E-state index contributed by atoms with van der Waals surface area (Å²) in [5.41, 5.74) is 0.905. The standard InChI is InChI=1S/C20H19FN2O6S/c1-11(24)10-30(26,27)23-15-9-16-14(8-17(15)28-3)18(20(25)22-2)19(29-16)12-4-6-13(21)7-5-12/h4-9,23H,10H2,1-3H3,(H,22,25). The molecule has 158 valence electrons. The van der Waals surface area contributed by atoms with Crippen molar-refractivity contribution in [3.05, 3.63) is 47.8 Å². The molecule has 30 heavy (non-hydrogen) atoms. The highest BCUT2D eigenvalue weighted by molar-refractivity contribution is 7.93. The third-order valence-electron chi connectivity index (χ3n) is 4.23. The summed E-state index contributed by atoms with van der Waals surface area (Å²) in [7, 11) is -1.17. The second-order valence-corrected chi connectivity index (χ2v) is 8.23. The summed E-state index contributed by atoms with van der Waals surface area (Å²) < 4.78 is 51.1. The molecule has 1 amide bonds. The Bertz CT molecular complexity index is 1230. The molecule has 0 aliphatic carbocycles. The average Bonchev–Trinajstić information content (AvgIpc) is 3.04. The third-order valence-corrected chi connectivity index (χ3v) is 5.55. The third kappa shape index (κ3) is 4.28. The molecule has 0 bridgehead atoms. The number of fused-ring (bicyclic) bond motifs is 1. The van der Waals surface area contributed by atoms with Crippen molar-refractivity contribution >= 4 is 38.4 Å². The quantitative estimate of drug-likeness (QED) is 0.591. The fraction of sp³-hybridized carbons (Fsp3) is 0.200. The fourth-order valence-electron chi connectivity index (χ4n) is 3.00. The molecule has 3 rings (SSSR count). The minimum absolute atomic E-state index is 0.0501. The molecule has 0 aliphatic rings. The van der Waals surface area contributed by atoms with E-state index in [0.29, 0.717) is 10.9 Å². The number of halogens is 1. The van der Waals surface area contributed by atoms with Crippen LogP contribution in [-0.2, 0) is 14.8 Å². The lowest BCUT2D eigenvalue weighted by atomic mass is 10.0. The van der Waals surface area contributed by atoms with Crippen LogP contribution in [0, 0.1) is 5.82 Å². The van der Waals surface area contributed by atoms with Crippen molar-refractivity contribution in [3.63, 3.8) is 0 Å². The number of nitrogens with one attached hydrogen (secondary N) is 2. The van der Waals surface area contributed by atoms with Crippen LogP contribution < -0.4 is 14.8 Å². The van der Waals surface area contributed by atoms with Crippen LogP contribution >= 0.6 is 0 Å². The predicted octanol–water partition coefficient (Wildman–Crippen LogP) is 2.94. The minimum atomic E-state index is -3.96. The summed E-state index contributed by atoms with van der Waals surface area (Å²) in [5, 5.41) is 2.91. The Morgan fingerprint density at radius 3 is 2.40 bits per heavy atom. The lowest BCUT2D eigenvalue weighted by Crippen LogP contribution is -2.21. The highest BCUT2D eigenvalue weighted by Gasteiger charge is 2.24. The SMILES string of the molecule is CNC(=O)c1c(-c2ccc(F)cc2)oc2cc(NS(=O)(=O)CC(C)=O)c(OC)cc12. The van der Waals surface area contributed by atoms with Gasteiger partial charge in [-0.2, -0.15) is 0 Å². The van der Waals surface area contributed by atoms with E-state index in [1.54, 1.807) is 0 Å². The Morgan fingerprint density at radius 1 is 1.17 bits per heavy atom. The Labute approximate surface area is 172 Å². The molecule has 0 atom stereocenters. The lowest BCUT2D eigenvalue weighted by molar-refractivity contribution is -0.114. The highest BCUT2D eigenvalue weighted by Crippen LogP contribution is 2.39. The first-order chi connectivity index (χ1) is 14.1. The number of benzene rings is 2. The van der Waals surface area contributed by atoms with Crippen LogP contribution in [0.3, 0.4) is 0 Å². The topological polar surface area (TPSA) is 115 Å². The van der Waals surface area contributed by atoms with Gasteiger partial charge < -0.3 is 14.5 Å². The molecule has 0 aliphatic heterocycles. The summed E-state index contributed by atoms with van der Waals surface area (Å²) in [6.45, 7) is 1.16. The predicted molar refractivity (Wildman–Crippen MR) is 110 cm³/mol. The Hall–Kier alpha value is -3.40. The number of carbonyl (C=O) groups excluding carboxylic acids is 2. The van der Waals surface area contributed by atoms with E-state index in [2.05, 4.69) is 10.0 Å². The zero-order valence-electron chi connectivity index (χ0n) is 16.4. The number of Topliss-reactive ketones (excluding diaryl/α,β-unsaturated/α-hetero) is 1. The van der Waals surface area contributed by atoms with Gasteiger partial charge in [0.1, 0.15) is 34.4 Å². The van der Waals surface area contributed by atoms with Gasteiger partial charge >= 0.3 is 0 Å². The zero-order valence-corrected chi connectivity index (χ0v) is 17.2. The summed E-state index contributed by atoms with van der Waals surface area (Å²) in [6, 6.07) is 8.23. The Balaban J connectivity index is 2.21. The van der Waals surface area contributed by atoms with Crippen molar-refractivity contribution in [2.24, 2.45) is 0 Å². The maximum atomic E-state index is 13.3. The van der Waals surface area contributed by atoms with Crippen molar-refractivity contribution in [1.82, 2.24) is 5.32 Å². The highest BCUT2D eigenvalue weighted by atomic mass is 32.2. The molecule has 2 N–H and O–H groups in total. The molecule has 1 aromatic heterocycles. The molecule has 0 spiro atoms. The number of ether oxygens (including phenoxy) is 1. The van der Waals surface area contributed by atoms with E-state index in [9.17, 15) is 22.4 Å². The molecule has 8 nitrogen and oxygen atoms in total. The fourth-order valence-corrected chi connectivity index (χ4v) is 4.10. The molecule has 0 saturated heterocycles. The average molecular weight is 434 g/mol. The summed E-state index contributed by atoms with van der Waals surface area (Å²) >= 11 is 0. The van der Waals surface area contributed by atoms with Crippen LogP contribution in [-0.4, -0.2) is 40.0 Å². The van der Waals surface area contributed by atoms with E-state index in [4.69, 9.17) is 9.15 Å². The normalized spacial score (nSPS) is 11.3. The zero-order chi connectivity index (χ0) is 22.1. The number of sulfonamides is 1. The number of amides is 1.